The SMILES string of the molecule is Cc1nc(C)c(C(C)NCc2ccc(Br)c(C)c2)s1. The van der Waals surface area contributed by atoms with Gasteiger partial charge in [0.2, 0.25) is 0 Å². The molecule has 2 aromatic rings. The van der Waals surface area contributed by atoms with Gasteiger partial charge in [-0.2, -0.15) is 0 Å². The van der Waals surface area contributed by atoms with Crippen LogP contribution in [0.1, 0.15) is 39.7 Å². The number of nitrogens with zero attached hydrogens (tertiary/aromatic N) is 1. The number of rotatable bonds is 4. The van der Waals surface area contributed by atoms with Gasteiger partial charge < -0.3 is 5.32 Å². The Kier molecular flexibility index (Phi) is 4.76. The first-order valence-corrected chi connectivity index (χ1v) is 8.00. The van der Waals surface area contributed by atoms with E-state index in [1.807, 2.05) is 0 Å². The summed E-state index contributed by atoms with van der Waals surface area (Å²) in [7, 11) is 0. The molecule has 0 aliphatic heterocycles. The Hall–Kier alpha value is -0.710. The second-order valence-corrected chi connectivity index (χ2v) is 6.96. The van der Waals surface area contributed by atoms with Crippen molar-refractivity contribution in [2.24, 2.45) is 0 Å². The Bertz CT molecular complexity index is 578. The van der Waals surface area contributed by atoms with Crippen LogP contribution >= 0.6 is 27.3 Å². The van der Waals surface area contributed by atoms with Crippen molar-refractivity contribution in [1.29, 1.82) is 0 Å². The molecule has 102 valence electrons. The molecule has 0 radical (unpaired) electrons. The fourth-order valence-electron chi connectivity index (χ4n) is 2.13. The number of nitrogens with one attached hydrogen (secondary N) is 1. The molecule has 0 amide bonds. The fraction of sp³-hybridized carbons (Fsp3) is 0.400. The van der Waals surface area contributed by atoms with Crippen LogP contribution in [0.4, 0.5) is 0 Å². The molecule has 19 heavy (non-hydrogen) atoms. The lowest BCUT2D eigenvalue weighted by atomic mass is 10.1. The zero-order valence-electron chi connectivity index (χ0n) is 11.7. The van der Waals surface area contributed by atoms with Gasteiger partial charge in [0.25, 0.3) is 0 Å². The van der Waals surface area contributed by atoms with E-state index < -0.39 is 0 Å². The molecular formula is C15H19BrN2S. The molecule has 0 aliphatic rings. The third-order valence-corrected chi connectivity index (χ3v) is 5.31. The number of halogens is 1. The Balaban J connectivity index is 2.02. The van der Waals surface area contributed by atoms with Crippen LogP contribution in [0.25, 0.3) is 0 Å². The molecule has 0 bridgehead atoms. The summed E-state index contributed by atoms with van der Waals surface area (Å²) in [4.78, 5) is 5.82. The van der Waals surface area contributed by atoms with E-state index in [4.69, 9.17) is 0 Å². The predicted molar refractivity (Wildman–Crippen MR) is 85.7 cm³/mol. The maximum atomic E-state index is 4.49. The van der Waals surface area contributed by atoms with Crippen LogP contribution in [-0.2, 0) is 6.54 Å². The lowest BCUT2D eigenvalue weighted by Crippen LogP contribution is -2.18. The number of hydrogen-bond acceptors (Lipinski definition) is 3. The molecule has 0 spiro atoms. The molecule has 4 heteroatoms. The summed E-state index contributed by atoms with van der Waals surface area (Å²) in [5.74, 6) is 0. The molecule has 1 aromatic heterocycles. The molecule has 0 saturated carbocycles. The van der Waals surface area contributed by atoms with Crippen LogP contribution in [0.15, 0.2) is 22.7 Å². The van der Waals surface area contributed by atoms with Gasteiger partial charge in [-0.05, 0) is 44.9 Å². The van der Waals surface area contributed by atoms with E-state index in [-0.39, 0.29) is 0 Å². The van der Waals surface area contributed by atoms with Gasteiger partial charge in [-0.1, -0.05) is 28.1 Å². The molecule has 2 nitrogen and oxygen atoms in total. The summed E-state index contributed by atoms with van der Waals surface area (Å²) in [6, 6.07) is 6.82. The topological polar surface area (TPSA) is 24.9 Å². The van der Waals surface area contributed by atoms with Crippen LogP contribution in [0.5, 0.6) is 0 Å². The number of hydrogen-bond donors (Lipinski definition) is 1. The van der Waals surface area contributed by atoms with Gasteiger partial charge in [0.15, 0.2) is 0 Å². The lowest BCUT2D eigenvalue weighted by Gasteiger charge is -2.13. The van der Waals surface area contributed by atoms with E-state index in [1.54, 1.807) is 11.3 Å². The molecule has 1 heterocycles. The predicted octanol–water partition coefficient (Wildman–Crippen LogP) is 4.68. The summed E-state index contributed by atoms with van der Waals surface area (Å²) in [6.45, 7) is 9.35. The number of aryl methyl sites for hydroxylation is 3. The normalized spacial score (nSPS) is 12.7. The first-order valence-electron chi connectivity index (χ1n) is 6.39. The Morgan fingerprint density at radius 1 is 1.32 bits per heavy atom. The van der Waals surface area contributed by atoms with Crippen molar-refractivity contribution in [1.82, 2.24) is 10.3 Å². The van der Waals surface area contributed by atoms with E-state index in [0.717, 1.165) is 17.2 Å². The third kappa shape index (κ3) is 3.65. The first-order chi connectivity index (χ1) is 8.97. The maximum absolute atomic E-state index is 4.49. The largest absolute Gasteiger partial charge is 0.305 e. The second kappa shape index (κ2) is 6.16. The van der Waals surface area contributed by atoms with Crippen LogP contribution in [0, 0.1) is 20.8 Å². The Morgan fingerprint density at radius 3 is 2.63 bits per heavy atom. The summed E-state index contributed by atoms with van der Waals surface area (Å²) in [6.07, 6.45) is 0. The van der Waals surface area contributed by atoms with Crippen molar-refractivity contribution in [3.8, 4) is 0 Å². The fourth-order valence-corrected chi connectivity index (χ4v) is 3.33. The van der Waals surface area contributed by atoms with Crippen molar-refractivity contribution >= 4 is 27.3 Å². The monoisotopic (exact) mass is 338 g/mol. The third-order valence-electron chi connectivity index (χ3n) is 3.17. The summed E-state index contributed by atoms with van der Waals surface area (Å²) in [5.41, 5.74) is 3.73. The maximum Gasteiger partial charge on any atom is 0.0900 e. The van der Waals surface area contributed by atoms with E-state index in [1.165, 1.54) is 20.5 Å². The zero-order chi connectivity index (χ0) is 14.0. The van der Waals surface area contributed by atoms with Crippen molar-refractivity contribution in [3.63, 3.8) is 0 Å². The highest BCUT2D eigenvalue weighted by molar-refractivity contribution is 9.10. The molecule has 0 fully saturated rings. The van der Waals surface area contributed by atoms with Crippen molar-refractivity contribution in [2.45, 2.75) is 40.3 Å². The molecule has 0 saturated heterocycles. The van der Waals surface area contributed by atoms with Gasteiger partial charge in [-0.3, -0.25) is 0 Å². The quantitative estimate of drug-likeness (QED) is 0.875. The minimum absolute atomic E-state index is 0.343. The summed E-state index contributed by atoms with van der Waals surface area (Å²) in [5, 5.41) is 4.71. The first kappa shape index (κ1) is 14.7. The highest BCUT2D eigenvalue weighted by Gasteiger charge is 2.12. The number of aromatic nitrogens is 1. The molecule has 1 atom stereocenters. The zero-order valence-corrected chi connectivity index (χ0v) is 14.2. The van der Waals surface area contributed by atoms with E-state index in [0.29, 0.717) is 6.04 Å². The molecular weight excluding hydrogens is 320 g/mol. The molecule has 0 aliphatic carbocycles. The van der Waals surface area contributed by atoms with Gasteiger partial charge in [0.05, 0.1) is 10.7 Å². The number of benzene rings is 1. The standard InChI is InChI=1S/C15H19BrN2S/c1-9-7-13(5-6-14(9)16)8-17-10(2)15-11(3)18-12(4)19-15/h5-7,10,17H,8H2,1-4H3. The minimum Gasteiger partial charge on any atom is -0.305 e. The van der Waals surface area contributed by atoms with Crippen LogP contribution in [-0.4, -0.2) is 4.98 Å². The van der Waals surface area contributed by atoms with Gasteiger partial charge in [0.1, 0.15) is 0 Å². The summed E-state index contributed by atoms with van der Waals surface area (Å²) >= 11 is 5.31. The highest BCUT2D eigenvalue weighted by atomic mass is 79.9. The Labute approximate surface area is 127 Å². The average molecular weight is 339 g/mol. The van der Waals surface area contributed by atoms with E-state index in [9.17, 15) is 0 Å². The summed E-state index contributed by atoms with van der Waals surface area (Å²) < 4.78 is 1.17. The van der Waals surface area contributed by atoms with Crippen molar-refractivity contribution in [3.05, 3.63) is 49.4 Å². The van der Waals surface area contributed by atoms with Crippen molar-refractivity contribution < 1.29 is 0 Å². The molecule has 1 aromatic carbocycles. The lowest BCUT2D eigenvalue weighted by molar-refractivity contribution is 0.579. The number of thiazole rings is 1. The molecule has 1 N–H and O–H groups in total. The second-order valence-electron chi connectivity index (χ2n) is 4.87. The Morgan fingerprint density at radius 2 is 2.05 bits per heavy atom. The van der Waals surface area contributed by atoms with Crippen LogP contribution in [0.3, 0.4) is 0 Å². The van der Waals surface area contributed by atoms with Gasteiger partial charge in [0, 0.05) is 21.9 Å². The minimum atomic E-state index is 0.343. The van der Waals surface area contributed by atoms with Gasteiger partial charge in [-0.15, -0.1) is 11.3 Å². The van der Waals surface area contributed by atoms with Crippen molar-refractivity contribution in [2.75, 3.05) is 0 Å². The van der Waals surface area contributed by atoms with Gasteiger partial charge in [-0.25, -0.2) is 4.98 Å². The molecule has 2 rings (SSSR count). The molecule has 1 unspecified atom stereocenters. The smallest absolute Gasteiger partial charge is 0.0900 e. The van der Waals surface area contributed by atoms with Crippen LogP contribution < -0.4 is 5.32 Å². The average Bonchev–Trinajstić information content (AvgIpc) is 2.70. The van der Waals surface area contributed by atoms with Crippen LogP contribution in [0.2, 0.25) is 0 Å². The van der Waals surface area contributed by atoms with E-state index in [2.05, 4.69) is 72.1 Å². The van der Waals surface area contributed by atoms with Gasteiger partial charge >= 0.3 is 0 Å². The highest BCUT2D eigenvalue weighted by Crippen LogP contribution is 2.25. The van der Waals surface area contributed by atoms with E-state index >= 15 is 0 Å².